The van der Waals surface area contributed by atoms with Crippen molar-refractivity contribution in [3.05, 3.63) is 83.3 Å². The van der Waals surface area contributed by atoms with Crippen molar-refractivity contribution in [2.75, 3.05) is 27.4 Å². The first-order valence-electron chi connectivity index (χ1n) is 12.8. The summed E-state index contributed by atoms with van der Waals surface area (Å²) in [5.74, 6) is 2.38. The smallest absolute Gasteiger partial charge is 0.227 e. The van der Waals surface area contributed by atoms with Gasteiger partial charge in [-0.15, -0.1) is 0 Å². The number of nitrogens with zero attached hydrogens (tertiary/aromatic N) is 2. The molecule has 38 heavy (non-hydrogen) atoms. The fourth-order valence-electron chi connectivity index (χ4n) is 3.70. The highest BCUT2D eigenvalue weighted by Crippen LogP contribution is 2.27. The Morgan fingerprint density at radius 3 is 2.76 bits per heavy atom. The lowest BCUT2D eigenvalue weighted by atomic mass is 10.1. The zero-order valence-electron chi connectivity index (χ0n) is 22.7. The van der Waals surface area contributed by atoms with E-state index in [-0.39, 0.29) is 12.3 Å². The van der Waals surface area contributed by atoms with Crippen LogP contribution in [0, 0.1) is 0 Å². The molecule has 2 aliphatic heterocycles. The predicted molar refractivity (Wildman–Crippen MR) is 151 cm³/mol. The standard InChI is InChI=1S/C30H37N3O5/c1-5-6-9-24(16-18-31-29(34)21-25-14-12-22(2)33-38-25)26-10-7-8-11-30(32-26)37-19-17-23-13-15-27(35-3)28(20-23)36-4/h6,8-11,13-16,20H,5,7,12,17-19,21H2,1-4H3,(H,31,34)/b9-6-,24-16+. The highest BCUT2D eigenvalue weighted by Gasteiger charge is 2.12. The first kappa shape index (κ1) is 28.5. The third kappa shape index (κ3) is 9.10. The second-order valence-corrected chi connectivity index (χ2v) is 8.71. The molecule has 2 aliphatic rings. The van der Waals surface area contributed by atoms with Gasteiger partial charge in [-0.05, 0) is 55.2 Å². The van der Waals surface area contributed by atoms with Crippen LogP contribution in [0.4, 0.5) is 0 Å². The second-order valence-electron chi connectivity index (χ2n) is 8.71. The summed E-state index contributed by atoms with van der Waals surface area (Å²) >= 11 is 0. The molecule has 3 rings (SSSR count). The molecule has 0 aromatic heterocycles. The summed E-state index contributed by atoms with van der Waals surface area (Å²) in [6.07, 6.45) is 17.1. The number of carbonyl (C=O) groups is 1. The minimum atomic E-state index is -0.125. The first-order valence-corrected chi connectivity index (χ1v) is 12.8. The number of allylic oxidation sites excluding steroid dienone is 5. The van der Waals surface area contributed by atoms with Crippen LogP contribution in [0.2, 0.25) is 0 Å². The number of methoxy groups -OCH3 is 2. The van der Waals surface area contributed by atoms with Crippen LogP contribution < -0.4 is 14.8 Å². The lowest BCUT2D eigenvalue weighted by Gasteiger charge is -2.11. The molecule has 0 unspecified atom stereocenters. The van der Waals surface area contributed by atoms with E-state index >= 15 is 0 Å². The molecule has 2 heterocycles. The van der Waals surface area contributed by atoms with Crippen molar-refractivity contribution in [1.29, 1.82) is 0 Å². The van der Waals surface area contributed by atoms with Gasteiger partial charge in [-0.1, -0.05) is 48.5 Å². The molecule has 0 aliphatic carbocycles. The molecule has 8 nitrogen and oxygen atoms in total. The normalized spacial score (nSPS) is 15.5. The number of aliphatic imine (C=N–C) groups is 1. The summed E-state index contributed by atoms with van der Waals surface area (Å²) in [6.45, 7) is 4.80. The lowest BCUT2D eigenvalue weighted by molar-refractivity contribution is -0.120. The maximum absolute atomic E-state index is 12.4. The van der Waals surface area contributed by atoms with E-state index in [2.05, 4.69) is 29.5 Å². The number of benzene rings is 1. The van der Waals surface area contributed by atoms with E-state index in [4.69, 9.17) is 24.0 Å². The molecule has 0 fully saturated rings. The number of hydrogen-bond acceptors (Lipinski definition) is 7. The molecule has 0 spiro atoms. The summed E-state index contributed by atoms with van der Waals surface area (Å²) in [6, 6.07) is 5.84. The van der Waals surface area contributed by atoms with Crippen molar-refractivity contribution < 1.29 is 23.8 Å². The third-order valence-electron chi connectivity index (χ3n) is 5.76. The SMILES string of the molecule is CC/C=C\C(=C/CNC(=O)CC1=CCC(C)=NO1)C1=CCC=CC(OCCc2ccc(OC)c(OC)c2)=N1. The van der Waals surface area contributed by atoms with E-state index in [0.717, 1.165) is 35.4 Å². The molecule has 0 radical (unpaired) electrons. The van der Waals surface area contributed by atoms with Crippen LogP contribution in [0.3, 0.4) is 0 Å². The highest BCUT2D eigenvalue weighted by molar-refractivity contribution is 5.89. The van der Waals surface area contributed by atoms with Crippen LogP contribution in [0.25, 0.3) is 0 Å². The van der Waals surface area contributed by atoms with E-state index in [1.54, 1.807) is 14.2 Å². The van der Waals surface area contributed by atoms with Gasteiger partial charge in [0.15, 0.2) is 11.5 Å². The average Bonchev–Trinajstić information content (AvgIpc) is 3.17. The predicted octanol–water partition coefficient (Wildman–Crippen LogP) is 5.58. The van der Waals surface area contributed by atoms with Crippen LogP contribution >= 0.6 is 0 Å². The minimum absolute atomic E-state index is 0.125. The molecule has 0 saturated heterocycles. The van der Waals surface area contributed by atoms with E-state index < -0.39 is 0 Å². The van der Waals surface area contributed by atoms with E-state index in [9.17, 15) is 4.79 Å². The third-order valence-corrected chi connectivity index (χ3v) is 5.76. The molecule has 1 N–H and O–H groups in total. The largest absolute Gasteiger partial charge is 0.493 e. The van der Waals surface area contributed by atoms with E-state index in [1.807, 2.05) is 55.5 Å². The van der Waals surface area contributed by atoms with Gasteiger partial charge in [-0.2, -0.15) is 0 Å². The molecule has 0 atom stereocenters. The molecule has 1 amide bonds. The summed E-state index contributed by atoms with van der Waals surface area (Å²) < 4.78 is 16.7. The van der Waals surface area contributed by atoms with Crippen LogP contribution in [0.15, 0.2) is 87.9 Å². The second kappa shape index (κ2) is 15.2. The number of carbonyl (C=O) groups excluding carboxylic acids is 1. The Hall–Kier alpha value is -4.07. The van der Waals surface area contributed by atoms with E-state index in [0.29, 0.717) is 49.1 Å². The molecule has 202 valence electrons. The summed E-state index contributed by atoms with van der Waals surface area (Å²) in [5, 5.41) is 6.86. The lowest BCUT2D eigenvalue weighted by Crippen LogP contribution is -2.24. The van der Waals surface area contributed by atoms with Crippen molar-refractivity contribution in [2.45, 2.75) is 46.0 Å². The van der Waals surface area contributed by atoms with Gasteiger partial charge in [-0.25, -0.2) is 4.99 Å². The van der Waals surface area contributed by atoms with Crippen LogP contribution in [-0.4, -0.2) is 44.9 Å². The van der Waals surface area contributed by atoms with Crippen LogP contribution in [0.5, 0.6) is 11.5 Å². The van der Waals surface area contributed by atoms with Crippen LogP contribution in [-0.2, 0) is 20.8 Å². The van der Waals surface area contributed by atoms with Gasteiger partial charge >= 0.3 is 0 Å². The topological polar surface area (TPSA) is 90.7 Å². The van der Waals surface area contributed by atoms with Gasteiger partial charge in [0, 0.05) is 19.4 Å². The van der Waals surface area contributed by atoms with Crippen molar-refractivity contribution in [1.82, 2.24) is 5.32 Å². The number of ether oxygens (including phenoxy) is 3. The highest BCUT2D eigenvalue weighted by atomic mass is 16.6. The quantitative estimate of drug-likeness (QED) is 0.364. The number of amides is 1. The molecular weight excluding hydrogens is 482 g/mol. The van der Waals surface area contributed by atoms with Crippen molar-refractivity contribution in [3.8, 4) is 11.5 Å². The Balaban J connectivity index is 1.60. The van der Waals surface area contributed by atoms with Crippen molar-refractivity contribution >= 4 is 17.5 Å². The number of oxime groups is 1. The molecule has 1 aromatic carbocycles. The zero-order valence-corrected chi connectivity index (χ0v) is 22.7. The summed E-state index contributed by atoms with van der Waals surface area (Å²) in [5.41, 5.74) is 3.69. The minimum Gasteiger partial charge on any atom is -0.493 e. The Labute approximate surface area is 225 Å². The monoisotopic (exact) mass is 519 g/mol. The van der Waals surface area contributed by atoms with Crippen LogP contribution in [0.1, 0.15) is 45.1 Å². The van der Waals surface area contributed by atoms with Crippen molar-refractivity contribution in [3.63, 3.8) is 0 Å². The van der Waals surface area contributed by atoms with Crippen molar-refractivity contribution in [2.24, 2.45) is 10.1 Å². The van der Waals surface area contributed by atoms with Gasteiger partial charge in [0.1, 0.15) is 5.76 Å². The van der Waals surface area contributed by atoms with Gasteiger partial charge in [0.2, 0.25) is 11.8 Å². The zero-order chi connectivity index (χ0) is 27.2. The molecule has 8 heteroatoms. The van der Waals surface area contributed by atoms with Gasteiger partial charge in [0.05, 0.1) is 38.7 Å². The fraction of sp³-hybridized carbons (Fsp3) is 0.367. The summed E-state index contributed by atoms with van der Waals surface area (Å²) in [4.78, 5) is 22.4. The van der Waals surface area contributed by atoms with E-state index in [1.165, 1.54) is 0 Å². The maximum Gasteiger partial charge on any atom is 0.227 e. The Kier molecular flexibility index (Phi) is 11.4. The molecule has 0 saturated carbocycles. The number of hydrogen-bond donors (Lipinski definition) is 1. The Bertz CT molecular complexity index is 1190. The van der Waals surface area contributed by atoms with Gasteiger partial charge in [-0.3, -0.25) is 4.79 Å². The van der Waals surface area contributed by atoms with Gasteiger partial charge < -0.3 is 24.4 Å². The van der Waals surface area contributed by atoms with Gasteiger partial charge in [0.25, 0.3) is 0 Å². The first-order chi connectivity index (χ1) is 18.5. The molecule has 0 bridgehead atoms. The Morgan fingerprint density at radius 1 is 1.18 bits per heavy atom. The number of rotatable bonds is 12. The fourth-order valence-corrected chi connectivity index (χ4v) is 3.70. The number of nitrogens with one attached hydrogen (secondary N) is 1. The Morgan fingerprint density at radius 2 is 2.03 bits per heavy atom. The molecular formula is C30H37N3O5. The average molecular weight is 520 g/mol. The molecule has 1 aromatic rings. The summed E-state index contributed by atoms with van der Waals surface area (Å²) in [7, 11) is 3.24. The maximum atomic E-state index is 12.4.